The van der Waals surface area contributed by atoms with Crippen molar-refractivity contribution in [3.8, 4) is 0 Å². The smallest absolute Gasteiger partial charge is 0.350 e. The van der Waals surface area contributed by atoms with E-state index in [0.29, 0.717) is 18.7 Å². The summed E-state index contributed by atoms with van der Waals surface area (Å²) in [4.78, 5) is 11.7. The first kappa shape index (κ1) is 17.3. The molecule has 0 unspecified atom stereocenters. The molecule has 0 aliphatic carbocycles. The first-order valence-corrected chi connectivity index (χ1v) is 6.53. The lowest BCUT2D eigenvalue weighted by Gasteiger charge is -2.15. The maximum atomic E-state index is 12.7. The molecule has 0 fully saturated rings. The van der Waals surface area contributed by atoms with Crippen LogP contribution in [0.2, 0.25) is 0 Å². The summed E-state index contributed by atoms with van der Waals surface area (Å²) in [7, 11) is 0. The van der Waals surface area contributed by atoms with Crippen LogP contribution in [-0.4, -0.2) is 18.5 Å². The molecule has 0 radical (unpaired) electrons. The maximum Gasteiger partial charge on any atom is 0.416 e. The van der Waals surface area contributed by atoms with Crippen LogP contribution in [0.3, 0.4) is 0 Å². The highest BCUT2D eigenvalue weighted by molar-refractivity contribution is 5.84. The molecular weight excluding hydrogens is 326 g/mol. The number of alkyl halides is 6. The van der Waals surface area contributed by atoms with Gasteiger partial charge in [0.2, 0.25) is 5.91 Å². The molecule has 1 heterocycles. The van der Waals surface area contributed by atoms with Crippen LogP contribution in [0.15, 0.2) is 30.4 Å². The average molecular weight is 338 g/mol. The Morgan fingerprint density at radius 3 is 2.09 bits per heavy atom. The highest BCUT2D eigenvalue weighted by Crippen LogP contribution is 2.36. The highest BCUT2D eigenvalue weighted by Gasteiger charge is 2.36. The molecule has 1 aliphatic rings. The molecule has 3 nitrogen and oxygen atoms in total. The summed E-state index contributed by atoms with van der Waals surface area (Å²) in [6.07, 6.45) is -6.57. The Morgan fingerprint density at radius 2 is 1.65 bits per heavy atom. The molecule has 0 spiro atoms. The second kappa shape index (κ2) is 6.23. The Balaban J connectivity index is 2.20. The van der Waals surface area contributed by atoms with Crippen LogP contribution in [0, 0.1) is 0 Å². The Hall–Kier alpha value is -2.03. The lowest BCUT2D eigenvalue weighted by molar-refractivity contribution is -0.143. The van der Waals surface area contributed by atoms with Crippen molar-refractivity contribution in [3.63, 3.8) is 0 Å². The third-order valence-corrected chi connectivity index (χ3v) is 3.18. The zero-order valence-electron chi connectivity index (χ0n) is 11.6. The van der Waals surface area contributed by atoms with Gasteiger partial charge in [-0.25, -0.2) is 0 Å². The van der Waals surface area contributed by atoms with E-state index < -0.39 is 42.0 Å². The molecule has 1 amide bonds. The summed E-state index contributed by atoms with van der Waals surface area (Å²) in [6.45, 7) is 0.0394. The topological polar surface area (TPSA) is 41.1 Å². The van der Waals surface area contributed by atoms with Gasteiger partial charge >= 0.3 is 12.4 Å². The molecule has 126 valence electrons. The van der Waals surface area contributed by atoms with Gasteiger partial charge in [0.25, 0.3) is 0 Å². The van der Waals surface area contributed by atoms with E-state index in [1.807, 2.05) is 0 Å². The van der Waals surface area contributed by atoms with Crippen molar-refractivity contribution < 1.29 is 31.1 Å². The number of amides is 1. The lowest BCUT2D eigenvalue weighted by atomic mass is 10.0. The summed E-state index contributed by atoms with van der Waals surface area (Å²) in [5.74, 6) is -0.523. The molecule has 2 N–H and O–H groups in total. The van der Waals surface area contributed by atoms with Crippen molar-refractivity contribution >= 4 is 5.91 Å². The van der Waals surface area contributed by atoms with E-state index in [1.54, 1.807) is 12.2 Å². The number of rotatable bonds is 3. The van der Waals surface area contributed by atoms with Gasteiger partial charge in [-0.05, 0) is 23.8 Å². The molecule has 0 saturated carbocycles. The number of benzene rings is 1. The number of carbonyl (C=O) groups excluding carboxylic acids is 1. The fourth-order valence-corrected chi connectivity index (χ4v) is 2.07. The van der Waals surface area contributed by atoms with Gasteiger partial charge in [-0.2, -0.15) is 26.3 Å². The molecule has 23 heavy (non-hydrogen) atoms. The Morgan fingerprint density at radius 1 is 1.09 bits per heavy atom. The zero-order chi connectivity index (χ0) is 17.3. The van der Waals surface area contributed by atoms with Crippen LogP contribution in [0.1, 0.15) is 16.7 Å². The number of carbonyl (C=O) groups is 1. The molecule has 1 aliphatic heterocycles. The van der Waals surface area contributed by atoms with Crippen molar-refractivity contribution in [2.24, 2.45) is 0 Å². The van der Waals surface area contributed by atoms with Gasteiger partial charge in [0.05, 0.1) is 11.1 Å². The van der Waals surface area contributed by atoms with Gasteiger partial charge in [-0.15, -0.1) is 0 Å². The summed E-state index contributed by atoms with van der Waals surface area (Å²) in [5, 5.41) is 5.09. The minimum Gasteiger partial charge on any atom is -0.350 e. The van der Waals surface area contributed by atoms with Crippen LogP contribution in [0.4, 0.5) is 26.3 Å². The number of nitrogens with one attached hydrogen (secondary N) is 2. The fraction of sp³-hybridized carbons (Fsp3) is 0.357. The normalized spacial score (nSPS) is 18.3. The zero-order valence-corrected chi connectivity index (χ0v) is 11.6. The predicted octanol–water partition coefficient (Wildman–Crippen LogP) is 2.87. The van der Waals surface area contributed by atoms with Crippen LogP contribution < -0.4 is 10.6 Å². The second-order valence-electron chi connectivity index (χ2n) is 4.95. The van der Waals surface area contributed by atoms with E-state index in [-0.39, 0.29) is 11.6 Å². The maximum absolute atomic E-state index is 12.7. The van der Waals surface area contributed by atoms with Crippen molar-refractivity contribution in [1.82, 2.24) is 10.6 Å². The summed E-state index contributed by atoms with van der Waals surface area (Å²) in [6, 6.07) is 0.593. The Labute approximate surface area is 127 Å². The quantitative estimate of drug-likeness (QED) is 0.657. The van der Waals surface area contributed by atoms with Crippen molar-refractivity contribution in [3.05, 3.63) is 47.0 Å². The van der Waals surface area contributed by atoms with E-state index in [0.717, 1.165) is 0 Å². The molecule has 0 bridgehead atoms. The van der Waals surface area contributed by atoms with Crippen LogP contribution in [0.5, 0.6) is 0 Å². The SMILES string of the molecule is O=C(NCc1cc(C(F)(F)F)cc(C(F)(F)F)c1)[C@@H]1C=CCN1. The lowest BCUT2D eigenvalue weighted by Crippen LogP contribution is -2.40. The summed E-state index contributed by atoms with van der Waals surface area (Å²) < 4.78 is 76.2. The number of hydrogen-bond donors (Lipinski definition) is 2. The van der Waals surface area contributed by atoms with E-state index in [2.05, 4.69) is 10.6 Å². The fourth-order valence-electron chi connectivity index (χ4n) is 2.07. The average Bonchev–Trinajstić information content (AvgIpc) is 2.96. The molecular formula is C14H12F6N2O. The highest BCUT2D eigenvalue weighted by atomic mass is 19.4. The minimum atomic E-state index is -4.91. The van der Waals surface area contributed by atoms with Crippen LogP contribution >= 0.6 is 0 Å². The van der Waals surface area contributed by atoms with Crippen LogP contribution in [0.25, 0.3) is 0 Å². The van der Waals surface area contributed by atoms with Gasteiger partial charge in [-0.1, -0.05) is 12.2 Å². The van der Waals surface area contributed by atoms with Gasteiger partial charge < -0.3 is 5.32 Å². The standard InChI is InChI=1S/C14H12F6N2O/c15-13(16,17)9-4-8(5-10(6-9)14(18,19)20)7-22-12(23)11-2-1-3-21-11/h1-2,4-6,11,21H,3,7H2,(H,22,23)/t11-/m0/s1. The Bertz CT molecular complexity index is 588. The van der Waals surface area contributed by atoms with Gasteiger partial charge in [0.1, 0.15) is 6.04 Å². The molecule has 0 saturated heterocycles. The number of halogens is 6. The van der Waals surface area contributed by atoms with Gasteiger partial charge in [0.15, 0.2) is 0 Å². The molecule has 1 atom stereocenters. The third kappa shape index (κ3) is 4.47. The van der Waals surface area contributed by atoms with E-state index in [9.17, 15) is 31.1 Å². The number of hydrogen-bond acceptors (Lipinski definition) is 2. The van der Waals surface area contributed by atoms with Crippen molar-refractivity contribution in [2.75, 3.05) is 6.54 Å². The third-order valence-electron chi connectivity index (χ3n) is 3.18. The Kier molecular flexibility index (Phi) is 4.69. The van der Waals surface area contributed by atoms with Crippen molar-refractivity contribution in [2.45, 2.75) is 24.9 Å². The summed E-state index contributed by atoms with van der Waals surface area (Å²) in [5.41, 5.74) is -3.09. The van der Waals surface area contributed by atoms with Gasteiger partial charge in [0, 0.05) is 13.1 Å². The minimum absolute atomic E-state index is 0.0482. The molecule has 1 aromatic carbocycles. The largest absolute Gasteiger partial charge is 0.416 e. The van der Waals surface area contributed by atoms with Crippen LogP contribution in [-0.2, 0) is 23.7 Å². The molecule has 9 heteroatoms. The van der Waals surface area contributed by atoms with Crippen molar-refractivity contribution in [1.29, 1.82) is 0 Å². The molecule has 2 rings (SSSR count). The first-order chi connectivity index (χ1) is 10.6. The monoisotopic (exact) mass is 338 g/mol. The van der Waals surface area contributed by atoms with E-state index in [4.69, 9.17) is 0 Å². The second-order valence-corrected chi connectivity index (χ2v) is 4.95. The predicted molar refractivity (Wildman–Crippen MR) is 69.2 cm³/mol. The van der Waals surface area contributed by atoms with E-state index in [1.165, 1.54) is 0 Å². The molecule has 1 aromatic rings. The molecule has 0 aromatic heterocycles. The summed E-state index contributed by atoms with van der Waals surface area (Å²) >= 11 is 0. The van der Waals surface area contributed by atoms with E-state index >= 15 is 0 Å². The van der Waals surface area contributed by atoms with Gasteiger partial charge in [-0.3, -0.25) is 10.1 Å². The first-order valence-electron chi connectivity index (χ1n) is 6.53.